The molecule has 0 spiro atoms. The molecule has 2 aliphatic rings. The van der Waals surface area contributed by atoms with Gasteiger partial charge in [-0.2, -0.15) is 0 Å². The summed E-state index contributed by atoms with van der Waals surface area (Å²) in [5.74, 6) is 0. The van der Waals surface area contributed by atoms with Crippen molar-refractivity contribution in [2.45, 2.75) is 53.9 Å². The summed E-state index contributed by atoms with van der Waals surface area (Å²) >= 11 is 0. The topological polar surface area (TPSA) is 6.48 Å². The molecule has 2 heteroatoms. The van der Waals surface area contributed by atoms with E-state index in [-0.39, 0.29) is 0 Å². The Balaban J connectivity index is 0.000000510. The van der Waals surface area contributed by atoms with Crippen molar-refractivity contribution in [3.8, 4) is 0 Å². The minimum Gasteiger partial charge on any atom is -0.369 e. The number of hydrogen-bond donors (Lipinski definition) is 0. The molecule has 0 saturated carbocycles. The zero-order valence-corrected chi connectivity index (χ0v) is 15.0. The standard InChI is InChI=1S/C15H22N2.2C2H6/c1-12-6-7-15(14-5-3-4-13(12)14)17-10-8-16(2)9-11-17;2*1-2/h6-7H,3-5,8-11H2,1-2H3;2*1-2H3. The van der Waals surface area contributed by atoms with Gasteiger partial charge in [-0.3, -0.25) is 0 Å². The van der Waals surface area contributed by atoms with Crippen molar-refractivity contribution < 1.29 is 0 Å². The molecule has 0 radical (unpaired) electrons. The zero-order chi connectivity index (χ0) is 15.8. The van der Waals surface area contributed by atoms with Crippen LogP contribution in [0.1, 0.15) is 50.8 Å². The van der Waals surface area contributed by atoms with Gasteiger partial charge in [0.25, 0.3) is 0 Å². The molecule has 0 aromatic heterocycles. The van der Waals surface area contributed by atoms with Crippen LogP contribution >= 0.6 is 0 Å². The summed E-state index contributed by atoms with van der Waals surface area (Å²) in [6.07, 6.45) is 3.93. The van der Waals surface area contributed by atoms with Crippen LogP contribution in [0, 0.1) is 6.92 Å². The quantitative estimate of drug-likeness (QED) is 0.761. The van der Waals surface area contributed by atoms with Gasteiger partial charge in [-0.25, -0.2) is 0 Å². The lowest BCUT2D eigenvalue weighted by Gasteiger charge is -2.35. The fourth-order valence-electron chi connectivity index (χ4n) is 3.21. The summed E-state index contributed by atoms with van der Waals surface area (Å²) in [6, 6.07) is 4.67. The van der Waals surface area contributed by atoms with E-state index in [2.05, 4.69) is 35.9 Å². The molecular formula is C19H34N2. The van der Waals surface area contributed by atoms with E-state index in [1.54, 1.807) is 11.1 Å². The van der Waals surface area contributed by atoms with Crippen LogP contribution in [0.15, 0.2) is 12.1 Å². The predicted molar refractivity (Wildman–Crippen MR) is 95.6 cm³/mol. The van der Waals surface area contributed by atoms with Gasteiger partial charge >= 0.3 is 0 Å². The molecule has 21 heavy (non-hydrogen) atoms. The maximum absolute atomic E-state index is 2.59. The summed E-state index contributed by atoms with van der Waals surface area (Å²) in [5, 5.41) is 0. The Morgan fingerprint density at radius 2 is 1.38 bits per heavy atom. The first kappa shape index (κ1) is 18.0. The molecule has 3 rings (SSSR count). The van der Waals surface area contributed by atoms with E-state index in [1.807, 2.05) is 27.7 Å². The second kappa shape index (κ2) is 9.09. The van der Waals surface area contributed by atoms with Gasteiger partial charge < -0.3 is 9.80 Å². The molecule has 0 amide bonds. The first-order chi connectivity index (χ1) is 10.3. The van der Waals surface area contributed by atoms with Gasteiger partial charge in [-0.15, -0.1) is 0 Å². The number of likely N-dealkylation sites (N-methyl/N-ethyl adjacent to an activating group) is 1. The van der Waals surface area contributed by atoms with E-state index < -0.39 is 0 Å². The Bertz CT molecular complexity index is 418. The average molecular weight is 290 g/mol. The zero-order valence-electron chi connectivity index (χ0n) is 15.0. The maximum Gasteiger partial charge on any atom is 0.0402 e. The van der Waals surface area contributed by atoms with E-state index in [0.717, 1.165) is 0 Å². The minimum atomic E-state index is 1.19. The lowest BCUT2D eigenvalue weighted by molar-refractivity contribution is 0.312. The first-order valence-electron chi connectivity index (χ1n) is 8.80. The van der Waals surface area contributed by atoms with Gasteiger partial charge in [0, 0.05) is 31.9 Å². The molecule has 0 N–H and O–H groups in total. The average Bonchev–Trinajstić information content (AvgIpc) is 3.03. The highest BCUT2D eigenvalue weighted by Gasteiger charge is 2.22. The SMILES string of the molecule is CC.CC.Cc1ccc(N2CCN(C)CC2)c2c1CCC2. The molecule has 1 aliphatic carbocycles. The lowest BCUT2D eigenvalue weighted by atomic mass is 10.0. The third kappa shape index (κ3) is 4.23. The van der Waals surface area contributed by atoms with Crippen LogP contribution in [0.5, 0.6) is 0 Å². The van der Waals surface area contributed by atoms with Crippen molar-refractivity contribution in [1.82, 2.24) is 4.90 Å². The molecule has 0 unspecified atom stereocenters. The number of hydrogen-bond acceptors (Lipinski definition) is 2. The van der Waals surface area contributed by atoms with Gasteiger partial charge in [0.2, 0.25) is 0 Å². The van der Waals surface area contributed by atoms with Gasteiger partial charge in [0.1, 0.15) is 0 Å². The van der Waals surface area contributed by atoms with Crippen LogP contribution in [-0.4, -0.2) is 38.1 Å². The molecule has 2 nitrogen and oxygen atoms in total. The third-order valence-corrected chi connectivity index (χ3v) is 4.34. The van der Waals surface area contributed by atoms with Crippen molar-refractivity contribution in [3.63, 3.8) is 0 Å². The number of fused-ring (bicyclic) bond motifs is 1. The number of piperazine rings is 1. The molecule has 0 bridgehead atoms. The summed E-state index contributed by atoms with van der Waals surface area (Å²) in [6.45, 7) is 15.0. The first-order valence-corrected chi connectivity index (χ1v) is 8.80. The number of benzene rings is 1. The van der Waals surface area contributed by atoms with Gasteiger partial charge in [-0.1, -0.05) is 33.8 Å². The number of rotatable bonds is 1. The summed E-state index contributed by atoms with van der Waals surface area (Å²) in [5.41, 5.74) is 6.31. The molecule has 1 heterocycles. The highest BCUT2D eigenvalue weighted by atomic mass is 15.2. The summed E-state index contributed by atoms with van der Waals surface area (Å²) < 4.78 is 0. The van der Waals surface area contributed by atoms with Crippen LogP contribution in [0.3, 0.4) is 0 Å². The molecule has 0 atom stereocenters. The fraction of sp³-hybridized carbons (Fsp3) is 0.684. The van der Waals surface area contributed by atoms with Crippen molar-refractivity contribution >= 4 is 5.69 Å². The summed E-state index contributed by atoms with van der Waals surface area (Å²) in [7, 11) is 2.22. The predicted octanol–water partition coefficient (Wildman–Crippen LogP) is 4.29. The molecular weight excluding hydrogens is 256 g/mol. The van der Waals surface area contributed by atoms with E-state index in [4.69, 9.17) is 0 Å². The third-order valence-electron chi connectivity index (χ3n) is 4.34. The van der Waals surface area contributed by atoms with Crippen LogP contribution in [-0.2, 0) is 12.8 Å². The molecule has 1 aromatic rings. The smallest absolute Gasteiger partial charge is 0.0402 e. The summed E-state index contributed by atoms with van der Waals surface area (Å²) in [4.78, 5) is 5.01. The van der Waals surface area contributed by atoms with Gasteiger partial charge in [0.15, 0.2) is 0 Å². The Hall–Kier alpha value is -1.02. The van der Waals surface area contributed by atoms with Crippen LogP contribution in [0.2, 0.25) is 0 Å². The molecule has 120 valence electrons. The Labute approximate surface area is 132 Å². The Kier molecular flexibility index (Phi) is 7.81. The van der Waals surface area contributed by atoms with E-state index >= 15 is 0 Å². The molecule has 1 aromatic carbocycles. The second-order valence-electron chi connectivity index (χ2n) is 5.50. The highest BCUT2D eigenvalue weighted by molar-refractivity contribution is 5.60. The van der Waals surface area contributed by atoms with E-state index in [1.165, 1.54) is 56.7 Å². The Morgan fingerprint density at radius 3 is 2.00 bits per heavy atom. The van der Waals surface area contributed by atoms with E-state index in [0.29, 0.717) is 0 Å². The molecule has 1 saturated heterocycles. The Morgan fingerprint density at radius 1 is 0.810 bits per heavy atom. The second-order valence-corrected chi connectivity index (χ2v) is 5.50. The van der Waals surface area contributed by atoms with Crippen molar-refractivity contribution in [2.75, 3.05) is 38.1 Å². The van der Waals surface area contributed by atoms with Crippen molar-refractivity contribution in [3.05, 3.63) is 28.8 Å². The largest absolute Gasteiger partial charge is 0.369 e. The minimum absolute atomic E-state index is 1.19. The van der Waals surface area contributed by atoms with Gasteiger partial charge in [0.05, 0.1) is 0 Å². The van der Waals surface area contributed by atoms with Crippen LogP contribution < -0.4 is 4.90 Å². The molecule has 1 aliphatic heterocycles. The maximum atomic E-state index is 2.59. The van der Waals surface area contributed by atoms with E-state index in [9.17, 15) is 0 Å². The van der Waals surface area contributed by atoms with Crippen LogP contribution in [0.4, 0.5) is 5.69 Å². The lowest BCUT2D eigenvalue weighted by Crippen LogP contribution is -2.44. The van der Waals surface area contributed by atoms with Crippen LogP contribution in [0.25, 0.3) is 0 Å². The van der Waals surface area contributed by atoms with Crippen molar-refractivity contribution in [1.29, 1.82) is 0 Å². The normalized spacial score (nSPS) is 17.3. The fourth-order valence-corrected chi connectivity index (χ4v) is 3.21. The highest BCUT2D eigenvalue weighted by Crippen LogP contribution is 2.33. The van der Waals surface area contributed by atoms with Gasteiger partial charge in [-0.05, 0) is 56.0 Å². The number of nitrogens with zero attached hydrogens (tertiary/aromatic N) is 2. The monoisotopic (exact) mass is 290 g/mol. The molecule has 1 fully saturated rings. The number of aryl methyl sites for hydroxylation is 1. The number of anilines is 1. The van der Waals surface area contributed by atoms with Crippen molar-refractivity contribution in [2.24, 2.45) is 0 Å².